The fourth-order valence-corrected chi connectivity index (χ4v) is 4.33. The van der Waals surface area contributed by atoms with Crippen LogP contribution in [0.15, 0.2) is 77.4 Å². The second kappa shape index (κ2) is 9.79. The zero-order valence-electron chi connectivity index (χ0n) is 18.8. The maximum atomic E-state index is 13.2. The molecule has 2 aromatic carbocycles. The molecule has 0 radical (unpaired) electrons. The number of anilines is 1. The van der Waals surface area contributed by atoms with Crippen LogP contribution in [-0.4, -0.2) is 21.4 Å². The summed E-state index contributed by atoms with van der Waals surface area (Å²) < 4.78 is 7.35. The fraction of sp³-hybridized carbons (Fsp3) is 0.222. The minimum absolute atomic E-state index is 0.183. The number of carbonyl (C=O) groups excluding carboxylic acids is 2. The first-order chi connectivity index (χ1) is 16.7. The fourth-order valence-electron chi connectivity index (χ4n) is 4.33. The van der Waals surface area contributed by atoms with E-state index in [9.17, 15) is 9.59 Å². The lowest BCUT2D eigenvalue weighted by Crippen LogP contribution is -2.24. The summed E-state index contributed by atoms with van der Waals surface area (Å²) in [5.74, 6) is 0.594. The van der Waals surface area contributed by atoms with Gasteiger partial charge < -0.3 is 19.6 Å². The molecule has 0 atom stereocenters. The first-order valence-electron chi connectivity index (χ1n) is 11.6. The van der Waals surface area contributed by atoms with Crippen LogP contribution in [0.1, 0.15) is 51.6 Å². The Bertz CT molecular complexity index is 1290. The topological polar surface area (TPSA) is 89.2 Å². The Morgan fingerprint density at radius 2 is 1.82 bits per heavy atom. The molecule has 0 unspecified atom stereocenters. The minimum Gasteiger partial charge on any atom is -0.459 e. The van der Waals surface area contributed by atoms with E-state index in [1.807, 2.05) is 48.5 Å². The van der Waals surface area contributed by atoms with Gasteiger partial charge in [0.05, 0.1) is 12.0 Å². The summed E-state index contributed by atoms with van der Waals surface area (Å²) in [7, 11) is 0. The molecule has 172 valence electrons. The van der Waals surface area contributed by atoms with Crippen molar-refractivity contribution in [3.8, 4) is 11.4 Å². The summed E-state index contributed by atoms with van der Waals surface area (Å²) in [6.45, 7) is 1.20. The van der Waals surface area contributed by atoms with Gasteiger partial charge in [-0.2, -0.15) is 0 Å². The highest BCUT2D eigenvalue weighted by Crippen LogP contribution is 2.27. The predicted molar refractivity (Wildman–Crippen MR) is 129 cm³/mol. The highest BCUT2D eigenvalue weighted by Gasteiger charge is 2.24. The van der Waals surface area contributed by atoms with Crippen molar-refractivity contribution in [3.63, 3.8) is 0 Å². The number of rotatable bonds is 6. The molecule has 5 rings (SSSR count). The summed E-state index contributed by atoms with van der Waals surface area (Å²) in [5, 5.41) is 5.83. The molecule has 1 aliphatic rings. The third-order valence-electron chi connectivity index (χ3n) is 6.00. The molecule has 7 nitrogen and oxygen atoms in total. The van der Waals surface area contributed by atoms with Gasteiger partial charge in [0.2, 0.25) is 0 Å². The number of hydrogen-bond acceptors (Lipinski definition) is 4. The second-order valence-electron chi connectivity index (χ2n) is 8.37. The number of carbonyl (C=O) groups is 2. The lowest BCUT2D eigenvalue weighted by molar-refractivity contribution is 0.0944. The zero-order valence-corrected chi connectivity index (χ0v) is 18.8. The van der Waals surface area contributed by atoms with Crippen molar-refractivity contribution in [1.82, 2.24) is 14.9 Å². The first-order valence-corrected chi connectivity index (χ1v) is 11.6. The zero-order chi connectivity index (χ0) is 23.3. The van der Waals surface area contributed by atoms with Gasteiger partial charge in [0.25, 0.3) is 11.8 Å². The number of aromatic nitrogens is 2. The molecule has 1 aliphatic heterocycles. The second-order valence-corrected chi connectivity index (χ2v) is 8.37. The molecular formula is C27H26N4O3. The Morgan fingerprint density at radius 3 is 2.65 bits per heavy atom. The molecule has 0 saturated carbocycles. The van der Waals surface area contributed by atoms with Gasteiger partial charge in [-0.1, -0.05) is 48.9 Å². The lowest BCUT2D eigenvalue weighted by Gasteiger charge is -2.09. The maximum Gasteiger partial charge on any atom is 0.291 e. The van der Waals surface area contributed by atoms with E-state index in [-0.39, 0.29) is 17.6 Å². The van der Waals surface area contributed by atoms with E-state index in [1.54, 1.807) is 18.2 Å². The molecule has 3 heterocycles. The molecule has 4 aromatic rings. The van der Waals surface area contributed by atoms with E-state index in [0.29, 0.717) is 17.9 Å². The number of furan rings is 1. The van der Waals surface area contributed by atoms with Gasteiger partial charge in [-0.3, -0.25) is 9.59 Å². The number of imidazole rings is 1. The smallest absolute Gasteiger partial charge is 0.291 e. The van der Waals surface area contributed by atoms with Crippen molar-refractivity contribution in [2.45, 2.75) is 38.8 Å². The first kappa shape index (κ1) is 21.7. The summed E-state index contributed by atoms with van der Waals surface area (Å²) >= 11 is 0. The van der Waals surface area contributed by atoms with Gasteiger partial charge >= 0.3 is 0 Å². The molecule has 0 bridgehead atoms. The standard InChI is InChI=1S/C27H26N4O3/c32-26(23-14-8-16-34-23)29-21-12-7-9-19(17-21)18-28-27(33)24-22-13-5-2-6-15-31(22)25(30-24)20-10-3-1-4-11-20/h1,3-4,7-12,14,16-17H,2,5-6,13,15,18H2,(H,28,33)(H,29,32). The molecule has 34 heavy (non-hydrogen) atoms. The average molecular weight is 455 g/mol. The quantitative estimate of drug-likeness (QED) is 0.427. The van der Waals surface area contributed by atoms with Gasteiger partial charge in [0.1, 0.15) is 11.5 Å². The largest absolute Gasteiger partial charge is 0.459 e. The Hall–Kier alpha value is -4.13. The maximum absolute atomic E-state index is 13.2. The Balaban J connectivity index is 1.32. The van der Waals surface area contributed by atoms with Crippen LogP contribution >= 0.6 is 0 Å². The molecule has 0 saturated heterocycles. The molecule has 2 amide bonds. The van der Waals surface area contributed by atoms with Crippen molar-refractivity contribution < 1.29 is 14.0 Å². The summed E-state index contributed by atoms with van der Waals surface area (Å²) in [4.78, 5) is 30.2. The van der Waals surface area contributed by atoms with Crippen molar-refractivity contribution in [3.05, 3.63) is 95.7 Å². The summed E-state index contributed by atoms with van der Waals surface area (Å²) in [6, 6.07) is 20.7. The van der Waals surface area contributed by atoms with Crippen LogP contribution in [0.4, 0.5) is 5.69 Å². The van der Waals surface area contributed by atoms with Crippen molar-refractivity contribution >= 4 is 17.5 Å². The highest BCUT2D eigenvalue weighted by molar-refractivity contribution is 6.02. The number of fused-ring (bicyclic) bond motifs is 1. The van der Waals surface area contributed by atoms with Crippen LogP contribution in [-0.2, 0) is 19.5 Å². The van der Waals surface area contributed by atoms with Gasteiger partial charge in [-0.05, 0) is 49.1 Å². The van der Waals surface area contributed by atoms with Crippen LogP contribution in [0, 0.1) is 0 Å². The van der Waals surface area contributed by atoms with Crippen LogP contribution in [0.25, 0.3) is 11.4 Å². The SMILES string of the molecule is O=C(Nc1cccc(CNC(=O)c2nc(-c3ccccc3)n3c2CCCCC3)c1)c1ccco1. The van der Waals surface area contributed by atoms with Crippen molar-refractivity contribution in [1.29, 1.82) is 0 Å². The summed E-state index contributed by atoms with van der Waals surface area (Å²) in [6.07, 6.45) is 5.59. The van der Waals surface area contributed by atoms with E-state index >= 15 is 0 Å². The van der Waals surface area contributed by atoms with Crippen LogP contribution in [0.5, 0.6) is 0 Å². The van der Waals surface area contributed by atoms with Crippen molar-refractivity contribution in [2.24, 2.45) is 0 Å². The van der Waals surface area contributed by atoms with E-state index in [0.717, 1.165) is 54.9 Å². The third-order valence-corrected chi connectivity index (χ3v) is 6.00. The average Bonchev–Trinajstić information content (AvgIpc) is 3.46. The molecule has 2 aromatic heterocycles. The number of benzene rings is 2. The molecular weight excluding hydrogens is 428 g/mol. The van der Waals surface area contributed by atoms with Gasteiger partial charge in [-0.25, -0.2) is 4.98 Å². The Kier molecular flexibility index (Phi) is 6.25. The number of nitrogens with one attached hydrogen (secondary N) is 2. The Morgan fingerprint density at radius 1 is 0.941 bits per heavy atom. The molecule has 7 heteroatoms. The minimum atomic E-state index is -0.319. The highest BCUT2D eigenvalue weighted by atomic mass is 16.3. The third kappa shape index (κ3) is 4.64. The van der Waals surface area contributed by atoms with Crippen molar-refractivity contribution in [2.75, 3.05) is 5.32 Å². The van der Waals surface area contributed by atoms with E-state index in [2.05, 4.69) is 15.2 Å². The van der Waals surface area contributed by atoms with E-state index in [1.165, 1.54) is 6.26 Å². The Labute approximate surface area is 197 Å². The molecule has 0 aliphatic carbocycles. The number of amides is 2. The van der Waals surface area contributed by atoms with E-state index < -0.39 is 0 Å². The lowest BCUT2D eigenvalue weighted by atomic mass is 10.1. The van der Waals surface area contributed by atoms with Gasteiger partial charge in [0.15, 0.2) is 5.76 Å². The van der Waals surface area contributed by atoms with Crippen LogP contribution in [0.3, 0.4) is 0 Å². The molecule has 0 fully saturated rings. The van der Waals surface area contributed by atoms with E-state index in [4.69, 9.17) is 9.40 Å². The van der Waals surface area contributed by atoms with Crippen LogP contribution < -0.4 is 10.6 Å². The number of nitrogens with zero attached hydrogens (tertiary/aromatic N) is 2. The molecule has 2 N–H and O–H groups in total. The predicted octanol–water partition coefficient (Wildman–Crippen LogP) is 5.05. The number of hydrogen-bond donors (Lipinski definition) is 2. The van der Waals surface area contributed by atoms with Gasteiger partial charge in [-0.15, -0.1) is 0 Å². The monoisotopic (exact) mass is 454 g/mol. The van der Waals surface area contributed by atoms with Crippen LogP contribution in [0.2, 0.25) is 0 Å². The molecule has 0 spiro atoms. The normalized spacial score (nSPS) is 13.1. The summed E-state index contributed by atoms with van der Waals surface area (Å²) in [5.41, 5.74) is 4.04. The van der Waals surface area contributed by atoms with Gasteiger partial charge in [0, 0.05) is 24.3 Å².